The Morgan fingerprint density at radius 1 is 0.944 bits per heavy atom. The van der Waals surface area contributed by atoms with Gasteiger partial charge in [0, 0.05) is 17.0 Å². The number of halogens is 2. The molecular formula is C27H23F2N3O3S. The van der Waals surface area contributed by atoms with E-state index in [2.05, 4.69) is 15.0 Å². The Labute approximate surface area is 207 Å². The highest BCUT2D eigenvalue weighted by atomic mass is 32.2. The summed E-state index contributed by atoms with van der Waals surface area (Å²) < 4.78 is 63.7. The number of fused-ring (bicyclic) bond motifs is 2. The molecule has 0 radical (unpaired) electrons. The number of hydrogen-bond donors (Lipinski definition) is 2. The van der Waals surface area contributed by atoms with Crippen LogP contribution in [0, 0.1) is 11.6 Å². The van der Waals surface area contributed by atoms with Gasteiger partial charge in [-0.2, -0.15) is 0 Å². The van der Waals surface area contributed by atoms with Gasteiger partial charge in [-0.15, -0.1) is 0 Å². The summed E-state index contributed by atoms with van der Waals surface area (Å²) in [6, 6.07) is 19.8. The normalized spacial score (nSPS) is 16.2. The van der Waals surface area contributed by atoms with Gasteiger partial charge in [-0.25, -0.2) is 26.9 Å². The van der Waals surface area contributed by atoms with Gasteiger partial charge in [0.2, 0.25) is 5.96 Å². The molecule has 1 aliphatic heterocycles. The van der Waals surface area contributed by atoms with Crippen LogP contribution in [0.3, 0.4) is 0 Å². The summed E-state index contributed by atoms with van der Waals surface area (Å²) in [5.74, 6) is -1.37. The van der Waals surface area contributed by atoms with Crippen molar-refractivity contribution in [2.75, 3.05) is 12.4 Å². The molecule has 0 spiro atoms. The van der Waals surface area contributed by atoms with Crippen LogP contribution < -0.4 is 14.8 Å². The van der Waals surface area contributed by atoms with E-state index >= 15 is 4.39 Å². The van der Waals surface area contributed by atoms with E-state index in [4.69, 9.17) is 4.74 Å². The second-order valence-corrected chi connectivity index (χ2v) is 10.1. The molecule has 6 nitrogen and oxygen atoms in total. The van der Waals surface area contributed by atoms with Gasteiger partial charge in [-0.05, 0) is 40.6 Å². The van der Waals surface area contributed by atoms with E-state index in [0.717, 1.165) is 22.4 Å². The quantitative estimate of drug-likeness (QED) is 0.372. The molecule has 0 aromatic heterocycles. The van der Waals surface area contributed by atoms with E-state index in [1.807, 2.05) is 36.4 Å². The molecule has 9 heteroatoms. The number of nitrogens with one attached hydrogen (secondary N) is 2. The predicted molar refractivity (Wildman–Crippen MR) is 136 cm³/mol. The van der Waals surface area contributed by atoms with Crippen molar-refractivity contribution >= 4 is 32.4 Å². The molecule has 1 heterocycles. The standard InChI is InChI=1S/C27H23F2N3O3S/c1-16(18-8-5-6-10-21(18)28)25-22(29)12-14-24-26(25)31-27(32-36(24,33)34)30-15-20-19-9-4-3-7-17(19)11-13-23(20)35-2/h3-14,16H,15H2,1-2H3,(H2,30,31,32)/t16-/m1/s1. The largest absolute Gasteiger partial charge is 0.496 e. The molecule has 0 unspecified atom stereocenters. The zero-order valence-electron chi connectivity index (χ0n) is 19.5. The molecule has 0 fully saturated rings. The summed E-state index contributed by atoms with van der Waals surface area (Å²) in [5, 5.41) is 4.85. The summed E-state index contributed by atoms with van der Waals surface area (Å²) in [5.41, 5.74) is 1.10. The number of methoxy groups -OCH3 is 1. The summed E-state index contributed by atoms with van der Waals surface area (Å²) >= 11 is 0. The first-order valence-electron chi connectivity index (χ1n) is 11.3. The Kier molecular flexibility index (Phi) is 6.09. The third kappa shape index (κ3) is 4.15. The highest BCUT2D eigenvalue weighted by molar-refractivity contribution is 7.90. The number of aliphatic imine (C=N–C) groups is 1. The molecule has 36 heavy (non-hydrogen) atoms. The third-order valence-corrected chi connectivity index (χ3v) is 7.72. The second kappa shape index (κ2) is 9.23. The summed E-state index contributed by atoms with van der Waals surface area (Å²) in [4.78, 5) is 4.33. The zero-order chi connectivity index (χ0) is 25.4. The summed E-state index contributed by atoms with van der Waals surface area (Å²) in [6.07, 6.45) is 0. The van der Waals surface area contributed by atoms with Gasteiger partial charge >= 0.3 is 0 Å². The number of guanidine groups is 1. The van der Waals surface area contributed by atoms with Crippen LogP contribution in [-0.4, -0.2) is 21.5 Å². The molecule has 1 atom stereocenters. The lowest BCUT2D eigenvalue weighted by Gasteiger charge is -2.27. The fourth-order valence-electron chi connectivity index (χ4n) is 4.56. The molecule has 5 rings (SSSR count). The minimum absolute atomic E-state index is 0.0353. The van der Waals surface area contributed by atoms with Crippen molar-refractivity contribution < 1.29 is 21.9 Å². The van der Waals surface area contributed by atoms with Crippen LogP contribution in [0.1, 0.15) is 29.5 Å². The topological polar surface area (TPSA) is 79.8 Å². The van der Waals surface area contributed by atoms with Gasteiger partial charge in [0.1, 0.15) is 22.3 Å². The van der Waals surface area contributed by atoms with E-state index in [9.17, 15) is 12.8 Å². The molecule has 0 saturated carbocycles. The monoisotopic (exact) mass is 507 g/mol. The van der Waals surface area contributed by atoms with Crippen molar-refractivity contribution in [1.82, 2.24) is 4.72 Å². The van der Waals surface area contributed by atoms with Crippen molar-refractivity contribution in [3.63, 3.8) is 0 Å². The fraction of sp³-hybridized carbons (Fsp3) is 0.148. The van der Waals surface area contributed by atoms with Gasteiger partial charge in [0.15, 0.2) is 0 Å². The first kappa shape index (κ1) is 23.7. The van der Waals surface area contributed by atoms with Gasteiger partial charge in [-0.3, -0.25) is 0 Å². The van der Waals surface area contributed by atoms with Crippen molar-refractivity contribution in [2.45, 2.75) is 24.3 Å². The molecule has 0 saturated heterocycles. The van der Waals surface area contributed by atoms with Gasteiger partial charge < -0.3 is 10.1 Å². The lowest BCUT2D eigenvalue weighted by molar-refractivity contribution is 0.411. The zero-order valence-corrected chi connectivity index (χ0v) is 20.4. The Balaban J connectivity index is 1.59. The van der Waals surface area contributed by atoms with Gasteiger partial charge in [0.25, 0.3) is 10.0 Å². The SMILES string of the molecule is COc1ccc2ccccc2c1CN=C1Nc2c(ccc(F)c2[C@H](C)c2ccccc2F)S(=O)(=O)N1. The highest BCUT2D eigenvalue weighted by Gasteiger charge is 2.32. The van der Waals surface area contributed by atoms with E-state index < -0.39 is 27.6 Å². The minimum Gasteiger partial charge on any atom is -0.496 e. The Morgan fingerprint density at radius 2 is 1.69 bits per heavy atom. The highest BCUT2D eigenvalue weighted by Crippen LogP contribution is 2.39. The lowest BCUT2D eigenvalue weighted by Crippen LogP contribution is -2.41. The molecule has 4 aromatic rings. The maximum Gasteiger partial charge on any atom is 0.266 e. The first-order chi connectivity index (χ1) is 17.3. The number of rotatable bonds is 5. The van der Waals surface area contributed by atoms with E-state index in [1.54, 1.807) is 32.2 Å². The molecule has 184 valence electrons. The molecule has 1 aliphatic rings. The molecule has 0 bridgehead atoms. The molecule has 0 aliphatic carbocycles. The number of sulfonamides is 1. The minimum atomic E-state index is -4.05. The van der Waals surface area contributed by atoms with Crippen LogP contribution in [0.15, 0.2) is 82.7 Å². The summed E-state index contributed by atoms with van der Waals surface area (Å²) in [7, 11) is -2.50. The Morgan fingerprint density at radius 3 is 2.47 bits per heavy atom. The number of anilines is 1. The number of ether oxygens (including phenoxy) is 1. The molecule has 2 N–H and O–H groups in total. The summed E-state index contributed by atoms with van der Waals surface area (Å²) in [6.45, 7) is 1.73. The Bertz CT molecular complexity index is 1620. The maximum absolute atomic E-state index is 15.1. The molecule has 4 aromatic carbocycles. The van der Waals surface area contributed by atoms with E-state index in [0.29, 0.717) is 5.75 Å². The molecular weight excluding hydrogens is 484 g/mol. The van der Waals surface area contributed by atoms with Crippen molar-refractivity contribution in [3.05, 3.63) is 101 Å². The van der Waals surface area contributed by atoms with Crippen LogP contribution in [0.2, 0.25) is 0 Å². The van der Waals surface area contributed by atoms with Crippen LogP contribution >= 0.6 is 0 Å². The smallest absolute Gasteiger partial charge is 0.266 e. The van der Waals surface area contributed by atoms with Crippen molar-refractivity contribution in [3.8, 4) is 5.75 Å². The first-order valence-corrected chi connectivity index (χ1v) is 12.7. The Hall–Kier alpha value is -3.98. The van der Waals surface area contributed by atoms with Crippen LogP contribution in [0.4, 0.5) is 14.5 Å². The van der Waals surface area contributed by atoms with Crippen molar-refractivity contribution in [1.29, 1.82) is 0 Å². The van der Waals surface area contributed by atoms with Crippen molar-refractivity contribution in [2.24, 2.45) is 4.99 Å². The van der Waals surface area contributed by atoms with Crippen LogP contribution in [-0.2, 0) is 16.6 Å². The number of benzene rings is 4. The van der Waals surface area contributed by atoms with Crippen LogP contribution in [0.25, 0.3) is 10.8 Å². The fourth-order valence-corrected chi connectivity index (χ4v) is 5.72. The average molecular weight is 508 g/mol. The van der Waals surface area contributed by atoms with Gasteiger partial charge in [-0.1, -0.05) is 55.5 Å². The molecule has 0 amide bonds. The van der Waals surface area contributed by atoms with E-state index in [1.165, 1.54) is 12.1 Å². The predicted octanol–water partition coefficient (Wildman–Crippen LogP) is 5.54. The number of hydrogen-bond acceptors (Lipinski definition) is 4. The third-order valence-electron chi connectivity index (χ3n) is 6.34. The average Bonchev–Trinajstić information content (AvgIpc) is 2.86. The van der Waals surface area contributed by atoms with Crippen LogP contribution in [0.5, 0.6) is 5.75 Å². The number of nitrogens with zero attached hydrogens (tertiary/aromatic N) is 1. The van der Waals surface area contributed by atoms with E-state index in [-0.39, 0.29) is 34.2 Å². The second-order valence-electron chi connectivity index (χ2n) is 8.44. The maximum atomic E-state index is 15.1. The van der Waals surface area contributed by atoms with Gasteiger partial charge in [0.05, 0.1) is 19.3 Å². The lowest BCUT2D eigenvalue weighted by atomic mass is 9.91.